The second-order valence-electron chi connectivity index (χ2n) is 3.48. The molecule has 0 aliphatic rings. The maximum absolute atomic E-state index is 11.7. The monoisotopic (exact) mass is 229 g/mol. The number of nitrogens with two attached hydrogens (primary N) is 1. The molecule has 0 spiro atoms. The van der Waals surface area contributed by atoms with Crippen molar-refractivity contribution in [3.63, 3.8) is 0 Å². The van der Waals surface area contributed by atoms with Crippen LogP contribution in [0.15, 0.2) is 48.5 Å². The number of ether oxygens (including phenoxy) is 1. The molecule has 0 aliphatic carbocycles. The zero-order valence-corrected chi connectivity index (χ0v) is 8.96. The van der Waals surface area contributed by atoms with E-state index in [1.54, 1.807) is 36.4 Å². The van der Waals surface area contributed by atoms with Crippen molar-refractivity contribution in [3.05, 3.63) is 54.1 Å². The third-order valence-electron chi connectivity index (χ3n) is 2.21. The molecule has 0 saturated heterocycles. The van der Waals surface area contributed by atoms with Gasteiger partial charge in [-0.15, -0.1) is 0 Å². The minimum atomic E-state index is -0.604. The van der Waals surface area contributed by atoms with E-state index in [2.05, 4.69) is 0 Å². The van der Waals surface area contributed by atoms with Crippen molar-refractivity contribution >= 4 is 11.7 Å². The van der Waals surface area contributed by atoms with Crippen LogP contribution in [0, 0.1) is 0 Å². The van der Waals surface area contributed by atoms with Crippen LogP contribution in [-0.4, -0.2) is 11.1 Å². The summed E-state index contributed by atoms with van der Waals surface area (Å²) in [6, 6.07) is 12.7. The number of esters is 1. The van der Waals surface area contributed by atoms with Crippen LogP contribution >= 0.6 is 0 Å². The van der Waals surface area contributed by atoms with Crippen LogP contribution in [0.2, 0.25) is 0 Å². The first-order chi connectivity index (χ1) is 8.16. The lowest BCUT2D eigenvalue weighted by Gasteiger charge is -2.05. The quantitative estimate of drug-likeness (QED) is 0.470. The standard InChI is InChI=1S/C13H11NO3/c14-9-5-7-10(8-6-9)17-13(16)11-3-1-2-4-12(11)15/h1-8,15H,14H2. The lowest BCUT2D eigenvalue weighted by atomic mass is 10.2. The van der Waals surface area contributed by atoms with E-state index in [1.165, 1.54) is 12.1 Å². The Morgan fingerprint density at radius 1 is 1.06 bits per heavy atom. The number of phenols is 1. The van der Waals surface area contributed by atoms with Crippen LogP contribution in [0.3, 0.4) is 0 Å². The summed E-state index contributed by atoms with van der Waals surface area (Å²) in [5, 5.41) is 9.48. The van der Waals surface area contributed by atoms with E-state index in [0.29, 0.717) is 11.4 Å². The first-order valence-electron chi connectivity index (χ1n) is 5.02. The number of hydrogen-bond donors (Lipinski definition) is 2. The summed E-state index contributed by atoms with van der Waals surface area (Å²) in [5.74, 6) is -0.326. The van der Waals surface area contributed by atoms with Gasteiger partial charge in [0.25, 0.3) is 0 Å². The number of para-hydroxylation sites is 1. The van der Waals surface area contributed by atoms with E-state index >= 15 is 0 Å². The molecule has 4 heteroatoms. The molecule has 0 saturated carbocycles. The largest absolute Gasteiger partial charge is 0.507 e. The van der Waals surface area contributed by atoms with Gasteiger partial charge in [0.1, 0.15) is 17.1 Å². The first-order valence-corrected chi connectivity index (χ1v) is 5.02. The van der Waals surface area contributed by atoms with Crippen molar-refractivity contribution in [2.75, 3.05) is 5.73 Å². The Hall–Kier alpha value is -2.49. The van der Waals surface area contributed by atoms with Crippen molar-refractivity contribution in [1.82, 2.24) is 0 Å². The molecule has 0 heterocycles. The molecule has 0 aliphatic heterocycles. The van der Waals surface area contributed by atoms with Gasteiger partial charge in [-0.3, -0.25) is 0 Å². The maximum atomic E-state index is 11.7. The molecule has 0 atom stereocenters. The van der Waals surface area contributed by atoms with Gasteiger partial charge in [-0.2, -0.15) is 0 Å². The van der Waals surface area contributed by atoms with E-state index in [0.717, 1.165) is 0 Å². The Balaban J connectivity index is 2.17. The lowest BCUT2D eigenvalue weighted by molar-refractivity contribution is 0.0731. The van der Waals surface area contributed by atoms with E-state index in [1.807, 2.05) is 0 Å². The SMILES string of the molecule is Nc1ccc(OC(=O)c2ccccc2O)cc1. The van der Waals surface area contributed by atoms with Crippen molar-refractivity contribution < 1.29 is 14.6 Å². The fraction of sp³-hybridized carbons (Fsp3) is 0. The van der Waals surface area contributed by atoms with Crippen molar-refractivity contribution in [3.8, 4) is 11.5 Å². The molecule has 0 radical (unpaired) electrons. The molecule has 2 rings (SSSR count). The number of aromatic hydroxyl groups is 1. The van der Waals surface area contributed by atoms with Gasteiger partial charge in [-0.1, -0.05) is 12.1 Å². The molecule has 2 aromatic carbocycles. The summed E-state index contributed by atoms with van der Waals surface area (Å²) < 4.78 is 5.08. The van der Waals surface area contributed by atoms with Gasteiger partial charge in [-0.25, -0.2) is 4.79 Å². The van der Waals surface area contributed by atoms with E-state index in [4.69, 9.17) is 10.5 Å². The molecule has 0 aromatic heterocycles. The third-order valence-corrected chi connectivity index (χ3v) is 2.21. The summed E-state index contributed by atoms with van der Waals surface area (Å²) in [6.07, 6.45) is 0. The minimum Gasteiger partial charge on any atom is -0.507 e. The van der Waals surface area contributed by atoms with Crippen molar-refractivity contribution in [2.24, 2.45) is 0 Å². The van der Waals surface area contributed by atoms with Crippen LogP contribution in [-0.2, 0) is 0 Å². The zero-order valence-electron chi connectivity index (χ0n) is 8.96. The van der Waals surface area contributed by atoms with Crippen LogP contribution < -0.4 is 10.5 Å². The average Bonchev–Trinajstić information content (AvgIpc) is 2.32. The molecule has 0 fully saturated rings. The highest BCUT2D eigenvalue weighted by Gasteiger charge is 2.12. The molecular weight excluding hydrogens is 218 g/mol. The highest BCUT2D eigenvalue weighted by molar-refractivity contribution is 5.93. The minimum absolute atomic E-state index is 0.104. The molecule has 2 aromatic rings. The fourth-order valence-electron chi connectivity index (χ4n) is 1.34. The molecule has 0 bridgehead atoms. The fourth-order valence-corrected chi connectivity index (χ4v) is 1.34. The van der Waals surface area contributed by atoms with Gasteiger partial charge < -0.3 is 15.6 Å². The second kappa shape index (κ2) is 4.57. The molecule has 4 nitrogen and oxygen atoms in total. The van der Waals surface area contributed by atoms with Crippen LogP contribution in [0.1, 0.15) is 10.4 Å². The molecular formula is C13H11NO3. The Labute approximate surface area is 98.3 Å². The van der Waals surface area contributed by atoms with Crippen molar-refractivity contribution in [1.29, 1.82) is 0 Å². The Morgan fingerprint density at radius 2 is 1.71 bits per heavy atom. The van der Waals surface area contributed by atoms with Crippen LogP contribution in [0.4, 0.5) is 5.69 Å². The molecule has 0 amide bonds. The summed E-state index contributed by atoms with van der Waals surface area (Å²) >= 11 is 0. The number of carbonyl (C=O) groups excluding carboxylic acids is 1. The molecule has 17 heavy (non-hydrogen) atoms. The summed E-state index contributed by atoms with van der Waals surface area (Å²) in [4.78, 5) is 11.7. The Morgan fingerprint density at radius 3 is 2.35 bits per heavy atom. The zero-order chi connectivity index (χ0) is 12.3. The van der Waals surface area contributed by atoms with E-state index in [-0.39, 0.29) is 11.3 Å². The highest BCUT2D eigenvalue weighted by atomic mass is 16.5. The normalized spacial score (nSPS) is 9.88. The first kappa shape index (κ1) is 11.0. The number of rotatable bonds is 2. The van der Waals surface area contributed by atoms with Gasteiger partial charge in [0.05, 0.1) is 0 Å². The topological polar surface area (TPSA) is 72.5 Å². The number of nitrogen functional groups attached to an aromatic ring is 1. The summed E-state index contributed by atoms with van der Waals surface area (Å²) in [5.41, 5.74) is 6.23. The number of hydrogen-bond acceptors (Lipinski definition) is 4. The number of benzene rings is 2. The van der Waals surface area contributed by atoms with Gasteiger partial charge in [0.2, 0.25) is 0 Å². The highest BCUT2D eigenvalue weighted by Crippen LogP contribution is 2.19. The second-order valence-corrected chi connectivity index (χ2v) is 3.48. The number of anilines is 1. The summed E-state index contributed by atoms with van der Waals surface area (Å²) in [7, 11) is 0. The lowest BCUT2D eigenvalue weighted by Crippen LogP contribution is -2.08. The number of carbonyl (C=O) groups is 1. The Bertz CT molecular complexity index is 535. The van der Waals surface area contributed by atoms with Gasteiger partial charge >= 0.3 is 5.97 Å². The van der Waals surface area contributed by atoms with E-state index < -0.39 is 5.97 Å². The average molecular weight is 229 g/mol. The predicted molar refractivity (Wildman–Crippen MR) is 63.9 cm³/mol. The molecule has 3 N–H and O–H groups in total. The molecule has 0 unspecified atom stereocenters. The van der Waals surface area contributed by atoms with Crippen LogP contribution in [0.25, 0.3) is 0 Å². The van der Waals surface area contributed by atoms with Crippen LogP contribution in [0.5, 0.6) is 11.5 Å². The third kappa shape index (κ3) is 2.55. The Kier molecular flexibility index (Phi) is 2.96. The van der Waals surface area contributed by atoms with Gasteiger partial charge in [-0.05, 0) is 36.4 Å². The van der Waals surface area contributed by atoms with E-state index in [9.17, 15) is 9.90 Å². The van der Waals surface area contributed by atoms with Gasteiger partial charge in [0, 0.05) is 5.69 Å². The van der Waals surface area contributed by atoms with Gasteiger partial charge in [0.15, 0.2) is 0 Å². The smallest absolute Gasteiger partial charge is 0.347 e. The van der Waals surface area contributed by atoms with Crippen molar-refractivity contribution in [2.45, 2.75) is 0 Å². The maximum Gasteiger partial charge on any atom is 0.347 e. The number of phenolic OH excluding ortho intramolecular Hbond substituents is 1. The molecule has 86 valence electrons. The predicted octanol–water partition coefficient (Wildman–Crippen LogP) is 2.19. The summed E-state index contributed by atoms with van der Waals surface area (Å²) in [6.45, 7) is 0.